The van der Waals surface area contributed by atoms with Gasteiger partial charge in [0.25, 0.3) is 0 Å². The second kappa shape index (κ2) is 3.62. The minimum absolute atomic E-state index is 0.193. The predicted octanol–water partition coefficient (Wildman–Crippen LogP) is 1.64. The highest BCUT2D eigenvalue weighted by Gasteiger charge is 2.12. The zero-order chi connectivity index (χ0) is 10.0. The minimum Gasteiger partial charge on any atom is -0.478 e. The van der Waals surface area contributed by atoms with E-state index >= 15 is 0 Å². The largest absolute Gasteiger partial charge is 0.478 e. The number of aromatic nitrogens is 2. The van der Waals surface area contributed by atoms with E-state index in [0.717, 1.165) is 0 Å². The molecule has 0 aliphatic carbocycles. The average molecular weight is 201 g/mol. The molecular formula is C8H9ClN2O2. The molecule has 13 heavy (non-hydrogen) atoms. The van der Waals surface area contributed by atoms with Gasteiger partial charge in [0.2, 0.25) is 0 Å². The number of allylic oxidation sites excluding steroid dienone is 1. The van der Waals surface area contributed by atoms with Crippen LogP contribution in [0.5, 0.6) is 0 Å². The fourth-order valence-corrected chi connectivity index (χ4v) is 1.09. The molecule has 1 heterocycles. The zero-order valence-electron chi connectivity index (χ0n) is 7.12. The van der Waals surface area contributed by atoms with Crippen LogP contribution in [0.3, 0.4) is 0 Å². The number of carbonyl (C=O) groups is 1. The van der Waals surface area contributed by atoms with Gasteiger partial charge < -0.3 is 5.11 Å². The molecule has 5 heteroatoms. The number of halogens is 1. The molecule has 0 atom stereocenters. The van der Waals surface area contributed by atoms with Gasteiger partial charge in [-0.2, -0.15) is 5.10 Å². The lowest BCUT2D eigenvalue weighted by molar-refractivity contribution is 0.0696. The van der Waals surface area contributed by atoms with E-state index in [9.17, 15) is 4.79 Å². The van der Waals surface area contributed by atoms with Crippen molar-refractivity contribution < 1.29 is 9.90 Å². The first-order chi connectivity index (χ1) is 6.02. The quantitative estimate of drug-likeness (QED) is 0.807. The van der Waals surface area contributed by atoms with Gasteiger partial charge in [0, 0.05) is 5.03 Å². The van der Waals surface area contributed by atoms with E-state index in [1.807, 2.05) is 0 Å². The Bertz CT molecular complexity index is 357. The Kier molecular flexibility index (Phi) is 2.72. The lowest BCUT2D eigenvalue weighted by atomic mass is 10.3. The first-order valence-corrected chi connectivity index (χ1v) is 3.99. The van der Waals surface area contributed by atoms with Gasteiger partial charge in [0.1, 0.15) is 5.56 Å². The van der Waals surface area contributed by atoms with Gasteiger partial charge in [-0.3, -0.25) is 4.68 Å². The Morgan fingerprint density at radius 3 is 2.85 bits per heavy atom. The molecule has 0 saturated heterocycles. The Labute approximate surface area is 80.4 Å². The third-order valence-electron chi connectivity index (χ3n) is 1.65. The maximum absolute atomic E-state index is 10.6. The molecule has 70 valence electrons. The summed E-state index contributed by atoms with van der Waals surface area (Å²) in [6, 6.07) is 0. The van der Waals surface area contributed by atoms with Crippen molar-refractivity contribution in [3.63, 3.8) is 0 Å². The Morgan fingerprint density at radius 1 is 1.85 bits per heavy atom. The van der Waals surface area contributed by atoms with Crippen LogP contribution in [-0.4, -0.2) is 20.9 Å². The van der Waals surface area contributed by atoms with Crippen LogP contribution in [0.15, 0.2) is 17.8 Å². The van der Waals surface area contributed by atoms with Crippen LogP contribution in [0.25, 0.3) is 0 Å². The molecule has 0 aliphatic rings. The zero-order valence-corrected chi connectivity index (χ0v) is 7.88. The fraction of sp³-hybridized carbons (Fsp3) is 0.250. The van der Waals surface area contributed by atoms with Crippen molar-refractivity contribution in [3.8, 4) is 0 Å². The normalized spacial score (nSPS) is 10.0. The summed E-state index contributed by atoms with van der Waals surface area (Å²) < 4.78 is 1.50. The lowest BCUT2D eigenvalue weighted by Gasteiger charge is -2.01. The summed E-state index contributed by atoms with van der Waals surface area (Å²) in [6.45, 7) is 5.51. The summed E-state index contributed by atoms with van der Waals surface area (Å²) in [5.74, 6) is -0.982. The van der Waals surface area contributed by atoms with Crippen LogP contribution in [-0.2, 0) is 6.54 Å². The first kappa shape index (κ1) is 9.80. The predicted molar refractivity (Wildman–Crippen MR) is 48.9 cm³/mol. The van der Waals surface area contributed by atoms with Gasteiger partial charge in [0.05, 0.1) is 18.4 Å². The molecule has 1 rings (SSSR count). The van der Waals surface area contributed by atoms with Crippen molar-refractivity contribution in [1.82, 2.24) is 9.78 Å². The summed E-state index contributed by atoms with van der Waals surface area (Å²) in [7, 11) is 0. The third kappa shape index (κ3) is 2.09. The first-order valence-electron chi connectivity index (χ1n) is 3.61. The number of hydrogen-bond donors (Lipinski definition) is 1. The van der Waals surface area contributed by atoms with Crippen molar-refractivity contribution in [2.75, 3.05) is 0 Å². The van der Waals surface area contributed by atoms with Crippen molar-refractivity contribution in [1.29, 1.82) is 0 Å². The van der Waals surface area contributed by atoms with Crippen molar-refractivity contribution >= 4 is 17.6 Å². The van der Waals surface area contributed by atoms with E-state index in [1.54, 1.807) is 6.92 Å². The van der Waals surface area contributed by atoms with Crippen LogP contribution in [0, 0.1) is 6.92 Å². The van der Waals surface area contributed by atoms with Crippen LogP contribution in [0.4, 0.5) is 0 Å². The summed E-state index contributed by atoms with van der Waals surface area (Å²) in [5, 5.41) is 13.0. The Balaban J connectivity index is 2.99. The van der Waals surface area contributed by atoms with Gasteiger partial charge in [-0.15, -0.1) is 0 Å². The molecule has 0 bridgehead atoms. The molecule has 1 aromatic heterocycles. The molecule has 0 aromatic carbocycles. The highest BCUT2D eigenvalue weighted by molar-refractivity contribution is 6.29. The average Bonchev–Trinajstić information content (AvgIpc) is 2.32. The SMILES string of the molecule is C=C(Cl)Cn1ncc(C(=O)O)c1C. The van der Waals surface area contributed by atoms with Crippen molar-refractivity contribution in [2.45, 2.75) is 13.5 Å². The van der Waals surface area contributed by atoms with E-state index in [1.165, 1.54) is 10.9 Å². The fourth-order valence-electron chi connectivity index (χ4n) is 0.978. The van der Waals surface area contributed by atoms with Crippen LogP contribution in [0.2, 0.25) is 0 Å². The molecular weight excluding hydrogens is 192 g/mol. The molecule has 4 nitrogen and oxygen atoms in total. The van der Waals surface area contributed by atoms with Gasteiger partial charge in [-0.1, -0.05) is 18.2 Å². The maximum Gasteiger partial charge on any atom is 0.339 e. The topological polar surface area (TPSA) is 55.1 Å². The monoisotopic (exact) mass is 200 g/mol. The number of nitrogens with zero attached hydrogens (tertiary/aromatic N) is 2. The molecule has 0 amide bonds. The van der Waals surface area contributed by atoms with Crippen molar-refractivity contribution in [3.05, 3.63) is 29.1 Å². The summed E-state index contributed by atoms with van der Waals surface area (Å²) in [5.41, 5.74) is 0.771. The highest BCUT2D eigenvalue weighted by atomic mass is 35.5. The van der Waals surface area contributed by atoms with Gasteiger partial charge in [-0.05, 0) is 6.92 Å². The second-order valence-corrected chi connectivity index (χ2v) is 3.16. The lowest BCUT2D eigenvalue weighted by Crippen LogP contribution is -2.04. The molecule has 0 saturated carbocycles. The number of carboxylic acid groups (broad SMARTS) is 1. The number of aromatic carboxylic acids is 1. The smallest absolute Gasteiger partial charge is 0.339 e. The number of rotatable bonds is 3. The van der Waals surface area contributed by atoms with E-state index in [2.05, 4.69) is 11.7 Å². The molecule has 0 unspecified atom stereocenters. The van der Waals surface area contributed by atoms with E-state index in [4.69, 9.17) is 16.7 Å². The third-order valence-corrected chi connectivity index (χ3v) is 1.77. The van der Waals surface area contributed by atoms with E-state index in [-0.39, 0.29) is 5.56 Å². The number of carboxylic acids is 1. The molecule has 0 radical (unpaired) electrons. The van der Waals surface area contributed by atoms with Crippen molar-refractivity contribution in [2.24, 2.45) is 0 Å². The van der Waals surface area contributed by atoms with Crippen LogP contribution in [0.1, 0.15) is 16.1 Å². The molecule has 1 N–H and O–H groups in total. The van der Waals surface area contributed by atoms with Gasteiger partial charge in [0.15, 0.2) is 0 Å². The highest BCUT2D eigenvalue weighted by Crippen LogP contribution is 2.09. The molecule has 0 fully saturated rings. The molecule has 1 aromatic rings. The van der Waals surface area contributed by atoms with E-state index < -0.39 is 5.97 Å². The Morgan fingerprint density at radius 2 is 2.46 bits per heavy atom. The second-order valence-electron chi connectivity index (χ2n) is 2.62. The minimum atomic E-state index is -0.982. The van der Waals surface area contributed by atoms with E-state index in [0.29, 0.717) is 17.3 Å². The Hall–Kier alpha value is -1.29. The summed E-state index contributed by atoms with van der Waals surface area (Å²) in [4.78, 5) is 10.6. The standard InChI is InChI=1S/C8H9ClN2O2/c1-5(9)4-11-6(2)7(3-10-11)8(12)13/h3H,1,4H2,2H3,(H,12,13). The summed E-state index contributed by atoms with van der Waals surface area (Å²) in [6.07, 6.45) is 1.30. The van der Waals surface area contributed by atoms with Gasteiger partial charge in [-0.25, -0.2) is 4.79 Å². The van der Waals surface area contributed by atoms with Gasteiger partial charge >= 0.3 is 5.97 Å². The molecule has 0 spiro atoms. The van der Waals surface area contributed by atoms with Crippen LogP contribution < -0.4 is 0 Å². The summed E-state index contributed by atoms with van der Waals surface area (Å²) >= 11 is 5.57. The van der Waals surface area contributed by atoms with Crippen LogP contribution >= 0.6 is 11.6 Å². The number of hydrogen-bond acceptors (Lipinski definition) is 2. The molecule has 0 aliphatic heterocycles. The maximum atomic E-state index is 10.6.